The van der Waals surface area contributed by atoms with Crippen molar-refractivity contribution in [1.29, 1.82) is 0 Å². The number of carbonyl (C=O) groups is 1. The molecule has 0 unspecified atom stereocenters. The summed E-state index contributed by atoms with van der Waals surface area (Å²) in [7, 11) is 0. The van der Waals surface area contributed by atoms with E-state index in [2.05, 4.69) is 19.2 Å². The zero-order valence-electron chi connectivity index (χ0n) is 9.06. The predicted octanol–water partition coefficient (Wildman–Crippen LogP) is 2.62. The number of hydrogen-bond donors (Lipinski definition) is 1. The highest BCUT2D eigenvalue weighted by Gasteiger charge is 2.29. The monoisotopic (exact) mass is 187 g/mol. The molecule has 1 N–H and O–H groups in total. The maximum Gasteiger partial charge on any atom is 0.154 e. The summed E-state index contributed by atoms with van der Waals surface area (Å²) in [6.45, 7) is 11.9. The lowest BCUT2D eigenvalue weighted by atomic mass is 9.90. The molecule has 0 fully saturated rings. The van der Waals surface area contributed by atoms with E-state index in [0.717, 1.165) is 0 Å². The predicted molar refractivity (Wildman–Crippen MR) is 58.9 cm³/mol. The SMILES string of the molecule is C.CC(C)NC(C)(C)C(=O)C(C)C. The van der Waals surface area contributed by atoms with Gasteiger partial charge in [0.15, 0.2) is 5.78 Å². The van der Waals surface area contributed by atoms with Gasteiger partial charge in [-0.15, -0.1) is 0 Å². The number of nitrogens with one attached hydrogen (secondary N) is 1. The zero-order valence-corrected chi connectivity index (χ0v) is 9.06. The molecule has 0 heterocycles. The van der Waals surface area contributed by atoms with Crippen molar-refractivity contribution in [2.45, 2.75) is 60.5 Å². The summed E-state index contributed by atoms with van der Waals surface area (Å²) in [4.78, 5) is 11.6. The summed E-state index contributed by atoms with van der Waals surface area (Å²) in [5.74, 6) is 0.377. The van der Waals surface area contributed by atoms with Gasteiger partial charge in [-0.2, -0.15) is 0 Å². The molecule has 0 aliphatic carbocycles. The molecular formula is C11H25NO. The molecule has 0 saturated heterocycles. The second kappa shape index (κ2) is 5.38. The Hall–Kier alpha value is -0.370. The lowest BCUT2D eigenvalue weighted by Gasteiger charge is -2.28. The average molecular weight is 187 g/mol. The van der Waals surface area contributed by atoms with E-state index >= 15 is 0 Å². The van der Waals surface area contributed by atoms with Crippen molar-refractivity contribution in [2.75, 3.05) is 0 Å². The number of Topliss-reactive ketones (excluding diaryl/α,β-unsaturated/α-hetero) is 1. The third kappa shape index (κ3) is 5.04. The summed E-state index contributed by atoms with van der Waals surface area (Å²) in [5, 5.41) is 3.25. The van der Waals surface area contributed by atoms with Crippen LogP contribution in [0.1, 0.15) is 49.0 Å². The van der Waals surface area contributed by atoms with E-state index in [4.69, 9.17) is 0 Å². The van der Waals surface area contributed by atoms with Crippen molar-refractivity contribution < 1.29 is 4.79 Å². The molecule has 0 atom stereocenters. The normalized spacial score (nSPS) is 11.7. The zero-order chi connectivity index (χ0) is 9.94. The molecular weight excluding hydrogens is 162 g/mol. The fourth-order valence-corrected chi connectivity index (χ4v) is 1.51. The van der Waals surface area contributed by atoms with Gasteiger partial charge < -0.3 is 5.32 Å². The first-order valence-electron chi connectivity index (χ1n) is 4.59. The van der Waals surface area contributed by atoms with Crippen molar-refractivity contribution in [1.82, 2.24) is 5.32 Å². The Labute approximate surface area is 83.1 Å². The van der Waals surface area contributed by atoms with Crippen LogP contribution in [0.2, 0.25) is 0 Å². The van der Waals surface area contributed by atoms with Gasteiger partial charge in [-0.1, -0.05) is 21.3 Å². The lowest BCUT2D eigenvalue weighted by molar-refractivity contribution is -0.127. The van der Waals surface area contributed by atoms with Crippen LogP contribution in [0.3, 0.4) is 0 Å². The molecule has 0 radical (unpaired) electrons. The topological polar surface area (TPSA) is 29.1 Å². The Kier molecular flexibility index (Phi) is 6.26. The van der Waals surface area contributed by atoms with Crippen LogP contribution in [-0.2, 0) is 4.79 Å². The van der Waals surface area contributed by atoms with Gasteiger partial charge in [0.25, 0.3) is 0 Å². The van der Waals surface area contributed by atoms with Crippen LogP contribution in [0.25, 0.3) is 0 Å². The molecule has 0 aliphatic heterocycles. The molecule has 0 amide bonds. The van der Waals surface area contributed by atoms with Gasteiger partial charge in [0, 0.05) is 12.0 Å². The minimum atomic E-state index is -0.387. The van der Waals surface area contributed by atoms with Gasteiger partial charge in [0.05, 0.1) is 5.54 Å². The minimum absolute atomic E-state index is 0. The maximum atomic E-state index is 11.6. The van der Waals surface area contributed by atoms with Crippen LogP contribution in [0.15, 0.2) is 0 Å². The van der Waals surface area contributed by atoms with Crippen LogP contribution in [0.5, 0.6) is 0 Å². The van der Waals surface area contributed by atoms with Crippen molar-refractivity contribution >= 4 is 5.78 Å². The van der Waals surface area contributed by atoms with E-state index in [9.17, 15) is 4.79 Å². The summed E-state index contributed by atoms with van der Waals surface area (Å²) < 4.78 is 0. The van der Waals surface area contributed by atoms with Gasteiger partial charge in [-0.25, -0.2) is 0 Å². The standard InChI is InChI=1S/C10H21NO.CH4/c1-7(2)9(12)10(5,6)11-8(3)4;/h7-8,11H,1-6H3;1H4. The second-order valence-electron chi connectivity index (χ2n) is 4.44. The van der Waals surface area contributed by atoms with Crippen LogP contribution in [0.4, 0.5) is 0 Å². The van der Waals surface area contributed by atoms with Crippen LogP contribution in [-0.4, -0.2) is 17.4 Å². The van der Waals surface area contributed by atoms with Crippen LogP contribution >= 0.6 is 0 Å². The van der Waals surface area contributed by atoms with Crippen LogP contribution in [0, 0.1) is 5.92 Å². The number of ketones is 1. The molecule has 0 aromatic carbocycles. The van der Waals surface area contributed by atoms with Crippen molar-refractivity contribution in [3.8, 4) is 0 Å². The summed E-state index contributed by atoms with van der Waals surface area (Å²) in [6, 6.07) is 0.350. The van der Waals surface area contributed by atoms with Crippen LogP contribution < -0.4 is 5.32 Å². The molecule has 0 aliphatic rings. The fourth-order valence-electron chi connectivity index (χ4n) is 1.51. The first-order chi connectivity index (χ1) is 5.27. The van der Waals surface area contributed by atoms with E-state index in [1.165, 1.54) is 0 Å². The molecule has 0 saturated carbocycles. The highest BCUT2D eigenvalue weighted by molar-refractivity contribution is 5.89. The van der Waals surface area contributed by atoms with Gasteiger partial charge in [0.2, 0.25) is 0 Å². The molecule has 80 valence electrons. The molecule has 2 heteroatoms. The van der Waals surface area contributed by atoms with Gasteiger partial charge in [-0.05, 0) is 27.7 Å². The van der Waals surface area contributed by atoms with E-state index in [0.29, 0.717) is 6.04 Å². The molecule has 2 nitrogen and oxygen atoms in total. The third-order valence-corrected chi connectivity index (χ3v) is 1.79. The first kappa shape index (κ1) is 15.1. The summed E-state index contributed by atoms with van der Waals surface area (Å²) in [6.07, 6.45) is 0. The number of hydrogen-bond acceptors (Lipinski definition) is 2. The Morgan fingerprint density at radius 3 is 1.77 bits per heavy atom. The Morgan fingerprint density at radius 2 is 1.54 bits per heavy atom. The summed E-state index contributed by atoms with van der Waals surface area (Å²) in [5.41, 5.74) is -0.387. The molecule has 0 bridgehead atoms. The quantitative estimate of drug-likeness (QED) is 0.733. The Balaban J connectivity index is 0. The lowest BCUT2D eigenvalue weighted by Crippen LogP contribution is -2.51. The highest BCUT2D eigenvalue weighted by atomic mass is 16.1. The van der Waals surface area contributed by atoms with Crippen molar-refractivity contribution in [3.05, 3.63) is 0 Å². The van der Waals surface area contributed by atoms with Gasteiger partial charge in [0.1, 0.15) is 0 Å². The fraction of sp³-hybridized carbons (Fsp3) is 0.909. The molecule has 0 rings (SSSR count). The largest absolute Gasteiger partial charge is 0.303 e. The second-order valence-corrected chi connectivity index (χ2v) is 4.44. The van der Waals surface area contributed by atoms with Gasteiger partial charge >= 0.3 is 0 Å². The van der Waals surface area contributed by atoms with E-state index in [-0.39, 0.29) is 24.7 Å². The van der Waals surface area contributed by atoms with Crippen molar-refractivity contribution in [2.24, 2.45) is 5.92 Å². The first-order valence-corrected chi connectivity index (χ1v) is 4.59. The molecule has 0 aromatic rings. The Bertz CT molecular complexity index is 159. The molecule has 0 aromatic heterocycles. The molecule has 0 spiro atoms. The third-order valence-electron chi connectivity index (χ3n) is 1.79. The minimum Gasteiger partial charge on any atom is -0.303 e. The molecule has 13 heavy (non-hydrogen) atoms. The average Bonchev–Trinajstić information content (AvgIpc) is 1.82. The summed E-state index contributed by atoms with van der Waals surface area (Å²) >= 11 is 0. The van der Waals surface area contributed by atoms with E-state index in [1.807, 2.05) is 27.7 Å². The smallest absolute Gasteiger partial charge is 0.154 e. The van der Waals surface area contributed by atoms with Crippen molar-refractivity contribution in [3.63, 3.8) is 0 Å². The van der Waals surface area contributed by atoms with E-state index in [1.54, 1.807) is 0 Å². The highest BCUT2D eigenvalue weighted by Crippen LogP contribution is 2.11. The Morgan fingerprint density at radius 1 is 1.15 bits per heavy atom. The number of carbonyl (C=O) groups excluding carboxylic acids is 1. The van der Waals surface area contributed by atoms with E-state index < -0.39 is 0 Å². The van der Waals surface area contributed by atoms with Gasteiger partial charge in [-0.3, -0.25) is 4.79 Å². The maximum absolute atomic E-state index is 11.6. The number of rotatable bonds is 4.